The molecule has 0 unspecified atom stereocenters. The van der Waals surface area contributed by atoms with Gasteiger partial charge in [-0.3, -0.25) is 19.8 Å². The number of halogens is 1. The zero-order valence-electron chi connectivity index (χ0n) is 14.1. The first kappa shape index (κ1) is 16.7. The summed E-state index contributed by atoms with van der Waals surface area (Å²) >= 11 is 3.48. The van der Waals surface area contributed by atoms with Crippen LogP contribution in [0, 0.1) is 11.3 Å². The van der Waals surface area contributed by atoms with Gasteiger partial charge in [-0.2, -0.15) is 5.10 Å². The lowest BCUT2D eigenvalue weighted by atomic mass is 9.81. The number of amides is 1. The Kier molecular flexibility index (Phi) is 3.99. The number of nitrogens with zero attached hydrogens (tertiary/aromatic N) is 3. The molecule has 2 atom stereocenters. The van der Waals surface area contributed by atoms with Gasteiger partial charge in [0.1, 0.15) is 0 Å². The number of aromatic nitrogens is 2. The third-order valence-electron chi connectivity index (χ3n) is 4.81. The number of aryl methyl sites for hydroxylation is 1. The zero-order chi connectivity index (χ0) is 17.6. The molecule has 1 aromatic carbocycles. The first-order chi connectivity index (χ1) is 11.2. The molecule has 0 bridgehead atoms. The third-order valence-corrected chi connectivity index (χ3v) is 5.31. The maximum atomic E-state index is 12.5. The van der Waals surface area contributed by atoms with Crippen LogP contribution in [0.5, 0.6) is 0 Å². The van der Waals surface area contributed by atoms with E-state index >= 15 is 0 Å². The van der Waals surface area contributed by atoms with E-state index in [1.54, 1.807) is 11.7 Å². The number of hydrogen-bond acceptors (Lipinski definition) is 3. The molecule has 1 aliphatic rings. The molecule has 0 spiro atoms. The third kappa shape index (κ3) is 2.53. The van der Waals surface area contributed by atoms with Gasteiger partial charge in [0.15, 0.2) is 5.96 Å². The quantitative estimate of drug-likeness (QED) is 0.828. The molecule has 3 rings (SSSR count). The molecule has 2 aromatic rings. The lowest BCUT2D eigenvalue weighted by molar-refractivity contribution is -0.134. The normalized spacial score (nSPS) is 24.2. The fourth-order valence-corrected chi connectivity index (χ4v) is 3.51. The second-order valence-corrected chi connectivity index (χ2v) is 7.26. The average molecular weight is 390 g/mol. The van der Waals surface area contributed by atoms with Crippen molar-refractivity contribution >= 4 is 27.8 Å². The van der Waals surface area contributed by atoms with Crippen molar-refractivity contribution < 1.29 is 4.79 Å². The molecule has 2 N–H and O–H groups in total. The van der Waals surface area contributed by atoms with E-state index in [0.29, 0.717) is 0 Å². The van der Waals surface area contributed by atoms with E-state index in [-0.39, 0.29) is 17.8 Å². The summed E-state index contributed by atoms with van der Waals surface area (Å²) in [6.45, 7) is 3.82. The van der Waals surface area contributed by atoms with Crippen LogP contribution in [0.3, 0.4) is 0 Å². The highest BCUT2D eigenvalue weighted by Crippen LogP contribution is 2.35. The van der Waals surface area contributed by atoms with E-state index in [4.69, 9.17) is 5.41 Å². The topological polar surface area (TPSA) is 74.0 Å². The van der Waals surface area contributed by atoms with E-state index in [2.05, 4.69) is 26.3 Å². The summed E-state index contributed by atoms with van der Waals surface area (Å²) in [6, 6.07) is 9.92. The SMILES string of the molecule is C[C@@H]1C(=O)N(C)C(=N)N[C@]1(C)c1cc(-c2cccc(Br)c2)nn1C. The Hall–Kier alpha value is -2.15. The van der Waals surface area contributed by atoms with Crippen molar-refractivity contribution in [1.82, 2.24) is 20.0 Å². The number of carbonyl (C=O) groups is 1. The molecule has 0 saturated carbocycles. The highest BCUT2D eigenvalue weighted by Gasteiger charge is 2.46. The van der Waals surface area contributed by atoms with Crippen LogP contribution in [-0.4, -0.2) is 33.6 Å². The van der Waals surface area contributed by atoms with E-state index in [1.165, 1.54) is 4.90 Å². The maximum Gasteiger partial charge on any atom is 0.234 e. The first-order valence-corrected chi connectivity index (χ1v) is 8.48. The van der Waals surface area contributed by atoms with Gasteiger partial charge in [0, 0.05) is 24.1 Å². The van der Waals surface area contributed by atoms with Gasteiger partial charge in [0.2, 0.25) is 5.91 Å². The fraction of sp³-hybridized carbons (Fsp3) is 0.353. The number of rotatable bonds is 2. The van der Waals surface area contributed by atoms with E-state index in [0.717, 1.165) is 21.4 Å². The molecule has 1 aliphatic heterocycles. The Bertz CT molecular complexity index is 830. The minimum atomic E-state index is -0.688. The lowest BCUT2D eigenvalue weighted by Gasteiger charge is -2.43. The van der Waals surface area contributed by atoms with Gasteiger partial charge < -0.3 is 5.32 Å². The molecule has 24 heavy (non-hydrogen) atoms. The molecule has 6 nitrogen and oxygen atoms in total. The summed E-state index contributed by atoms with van der Waals surface area (Å²) in [4.78, 5) is 13.8. The van der Waals surface area contributed by atoms with Gasteiger partial charge in [0.25, 0.3) is 0 Å². The van der Waals surface area contributed by atoms with Crippen LogP contribution in [0.2, 0.25) is 0 Å². The number of nitrogens with one attached hydrogen (secondary N) is 2. The molecule has 2 heterocycles. The van der Waals surface area contributed by atoms with Crippen LogP contribution in [-0.2, 0) is 17.4 Å². The van der Waals surface area contributed by atoms with Crippen molar-refractivity contribution in [3.8, 4) is 11.3 Å². The predicted octanol–water partition coefficient (Wildman–Crippen LogP) is 2.70. The largest absolute Gasteiger partial charge is 0.344 e. The molecule has 1 aromatic heterocycles. The zero-order valence-corrected chi connectivity index (χ0v) is 15.7. The summed E-state index contributed by atoms with van der Waals surface area (Å²) in [5, 5.41) is 15.8. The highest BCUT2D eigenvalue weighted by atomic mass is 79.9. The Morgan fingerprint density at radius 2 is 2.04 bits per heavy atom. The lowest BCUT2D eigenvalue weighted by Crippen LogP contribution is -2.63. The van der Waals surface area contributed by atoms with Crippen molar-refractivity contribution in [2.75, 3.05) is 7.05 Å². The van der Waals surface area contributed by atoms with Gasteiger partial charge in [-0.15, -0.1) is 0 Å². The summed E-state index contributed by atoms with van der Waals surface area (Å²) in [5.74, 6) is -0.292. The van der Waals surface area contributed by atoms with Gasteiger partial charge in [0.05, 0.1) is 22.8 Å². The first-order valence-electron chi connectivity index (χ1n) is 7.69. The molecular weight excluding hydrogens is 370 g/mol. The average Bonchev–Trinajstić information content (AvgIpc) is 2.94. The Morgan fingerprint density at radius 3 is 2.71 bits per heavy atom. The standard InChI is InChI=1S/C17H20BrN5O/c1-10-15(24)22(3)16(19)20-17(10,2)14-9-13(21-23(14)4)11-6-5-7-12(18)8-11/h5-10H,1-4H3,(H2,19,20)/t10-,17+/m1/s1. The van der Waals surface area contributed by atoms with Crippen molar-refractivity contribution in [3.63, 3.8) is 0 Å². The molecule has 0 aliphatic carbocycles. The highest BCUT2D eigenvalue weighted by molar-refractivity contribution is 9.10. The van der Waals surface area contributed by atoms with Gasteiger partial charge >= 0.3 is 0 Å². The molecule has 126 valence electrons. The number of carbonyl (C=O) groups excluding carboxylic acids is 1. The molecule has 1 saturated heterocycles. The fourth-order valence-electron chi connectivity index (χ4n) is 3.11. The van der Waals surface area contributed by atoms with Crippen LogP contribution in [0.1, 0.15) is 19.5 Å². The van der Waals surface area contributed by atoms with Crippen LogP contribution in [0.4, 0.5) is 0 Å². The van der Waals surface area contributed by atoms with Crippen LogP contribution in [0.15, 0.2) is 34.8 Å². The summed E-state index contributed by atoms with van der Waals surface area (Å²) in [7, 11) is 3.48. The van der Waals surface area contributed by atoms with E-state index < -0.39 is 5.54 Å². The molecular formula is C17H20BrN5O. The second kappa shape index (κ2) is 5.73. The molecule has 7 heteroatoms. The minimum Gasteiger partial charge on any atom is -0.344 e. The summed E-state index contributed by atoms with van der Waals surface area (Å²) in [6.07, 6.45) is 0. The van der Waals surface area contributed by atoms with Crippen molar-refractivity contribution in [1.29, 1.82) is 5.41 Å². The number of hydrogen-bond donors (Lipinski definition) is 2. The van der Waals surface area contributed by atoms with E-state index in [1.807, 2.05) is 51.2 Å². The van der Waals surface area contributed by atoms with Crippen molar-refractivity contribution in [2.45, 2.75) is 19.4 Å². The number of guanidine groups is 1. The molecule has 1 amide bonds. The Morgan fingerprint density at radius 1 is 1.33 bits per heavy atom. The van der Waals surface area contributed by atoms with Gasteiger partial charge in [-0.25, -0.2) is 0 Å². The molecule has 0 radical (unpaired) electrons. The van der Waals surface area contributed by atoms with Crippen molar-refractivity contribution in [2.24, 2.45) is 13.0 Å². The Balaban J connectivity index is 2.06. The summed E-state index contributed by atoms with van der Waals surface area (Å²) < 4.78 is 2.77. The van der Waals surface area contributed by atoms with Crippen LogP contribution in [0.25, 0.3) is 11.3 Å². The van der Waals surface area contributed by atoms with Crippen LogP contribution < -0.4 is 5.32 Å². The second-order valence-electron chi connectivity index (χ2n) is 6.34. The monoisotopic (exact) mass is 389 g/mol. The minimum absolute atomic E-state index is 0.0774. The van der Waals surface area contributed by atoms with Crippen LogP contribution >= 0.6 is 15.9 Å². The summed E-state index contributed by atoms with van der Waals surface area (Å²) in [5.41, 5.74) is 2.02. The van der Waals surface area contributed by atoms with Gasteiger partial charge in [-0.1, -0.05) is 35.0 Å². The molecule has 1 fully saturated rings. The maximum absolute atomic E-state index is 12.5. The number of benzene rings is 1. The predicted molar refractivity (Wildman–Crippen MR) is 96.5 cm³/mol. The smallest absolute Gasteiger partial charge is 0.234 e. The van der Waals surface area contributed by atoms with Gasteiger partial charge in [-0.05, 0) is 25.1 Å². The Labute approximate surface area is 149 Å². The van der Waals surface area contributed by atoms with E-state index in [9.17, 15) is 4.79 Å². The van der Waals surface area contributed by atoms with Crippen molar-refractivity contribution in [3.05, 3.63) is 40.5 Å².